The molecule has 126 valence electrons. The monoisotopic (exact) mass is 342 g/mol. The Balaban J connectivity index is 1.65. The van der Waals surface area contributed by atoms with E-state index in [0.717, 1.165) is 41.1 Å². The molecule has 4 nitrogen and oxygen atoms in total. The van der Waals surface area contributed by atoms with E-state index in [1.165, 1.54) is 11.3 Å². The van der Waals surface area contributed by atoms with E-state index in [0.29, 0.717) is 6.54 Å². The number of nitrogens with one attached hydrogen (secondary N) is 1. The van der Waals surface area contributed by atoms with Crippen molar-refractivity contribution in [2.24, 2.45) is 5.92 Å². The lowest BCUT2D eigenvalue weighted by Gasteiger charge is -2.31. The summed E-state index contributed by atoms with van der Waals surface area (Å²) in [5, 5.41) is 4.92. The number of carbonyl (C=O) groups excluding carboxylic acids is 2. The molecule has 0 radical (unpaired) electrons. The first-order valence-corrected chi connectivity index (χ1v) is 9.13. The Morgan fingerprint density at radius 3 is 2.62 bits per heavy atom. The van der Waals surface area contributed by atoms with Gasteiger partial charge in [-0.25, -0.2) is 0 Å². The highest BCUT2D eigenvalue weighted by molar-refractivity contribution is 7.12. The average molecular weight is 342 g/mol. The van der Waals surface area contributed by atoms with Gasteiger partial charge in [-0.15, -0.1) is 11.3 Å². The second-order valence-electron chi connectivity index (χ2n) is 6.43. The zero-order chi connectivity index (χ0) is 17.1. The molecule has 2 amide bonds. The van der Waals surface area contributed by atoms with Gasteiger partial charge in [0.1, 0.15) is 0 Å². The molecule has 2 heterocycles. The molecule has 1 aromatic heterocycles. The molecule has 3 rings (SSSR count). The number of carbonyl (C=O) groups is 2. The predicted molar refractivity (Wildman–Crippen MR) is 97.5 cm³/mol. The predicted octanol–water partition coefficient (Wildman–Crippen LogP) is 3.86. The number of rotatable bonds is 3. The highest BCUT2D eigenvalue weighted by Gasteiger charge is 2.29. The number of benzene rings is 1. The van der Waals surface area contributed by atoms with E-state index in [1.807, 2.05) is 43.5 Å². The van der Waals surface area contributed by atoms with E-state index < -0.39 is 0 Å². The largest absolute Gasteiger partial charge is 0.337 e. The van der Waals surface area contributed by atoms with Crippen molar-refractivity contribution < 1.29 is 9.59 Å². The van der Waals surface area contributed by atoms with Gasteiger partial charge < -0.3 is 10.2 Å². The van der Waals surface area contributed by atoms with Crippen LogP contribution < -0.4 is 5.32 Å². The third-order valence-corrected chi connectivity index (χ3v) is 5.16. The number of thiophene rings is 1. The van der Waals surface area contributed by atoms with Crippen LogP contribution in [0.4, 0.5) is 5.69 Å². The fraction of sp³-hybridized carbons (Fsp3) is 0.368. The maximum atomic E-state index is 12.6. The van der Waals surface area contributed by atoms with Crippen LogP contribution in [0.15, 0.2) is 35.7 Å². The van der Waals surface area contributed by atoms with Crippen molar-refractivity contribution in [3.05, 3.63) is 51.7 Å². The summed E-state index contributed by atoms with van der Waals surface area (Å²) in [4.78, 5) is 27.6. The zero-order valence-corrected chi connectivity index (χ0v) is 14.9. The van der Waals surface area contributed by atoms with Gasteiger partial charge in [0.25, 0.3) is 5.91 Å². The van der Waals surface area contributed by atoms with Crippen molar-refractivity contribution in [2.75, 3.05) is 18.4 Å². The number of aryl methyl sites for hydroxylation is 2. The van der Waals surface area contributed by atoms with Gasteiger partial charge in [0.2, 0.25) is 5.91 Å². The van der Waals surface area contributed by atoms with Crippen molar-refractivity contribution in [3.8, 4) is 0 Å². The number of nitrogens with zero attached hydrogens (tertiary/aromatic N) is 1. The maximum Gasteiger partial charge on any atom is 0.263 e. The van der Waals surface area contributed by atoms with Crippen LogP contribution in [0.3, 0.4) is 0 Å². The number of amides is 2. The Morgan fingerprint density at radius 1 is 1.21 bits per heavy atom. The van der Waals surface area contributed by atoms with Gasteiger partial charge in [-0.05, 0) is 61.4 Å². The van der Waals surface area contributed by atoms with E-state index >= 15 is 0 Å². The van der Waals surface area contributed by atoms with Gasteiger partial charge in [-0.2, -0.15) is 0 Å². The first-order valence-electron chi connectivity index (χ1n) is 8.25. The second-order valence-corrected chi connectivity index (χ2v) is 7.38. The van der Waals surface area contributed by atoms with E-state index in [1.54, 1.807) is 4.90 Å². The van der Waals surface area contributed by atoms with Gasteiger partial charge >= 0.3 is 0 Å². The molecule has 2 aromatic rings. The molecule has 1 aromatic carbocycles. The van der Waals surface area contributed by atoms with E-state index in [2.05, 4.69) is 11.4 Å². The molecule has 1 N–H and O–H groups in total. The Kier molecular flexibility index (Phi) is 5.00. The molecule has 24 heavy (non-hydrogen) atoms. The molecule has 0 bridgehead atoms. The van der Waals surface area contributed by atoms with Crippen LogP contribution in [-0.2, 0) is 4.79 Å². The Labute approximate surface area is 146 Å². The van der Waals surface area contributed by atoms with Crippen LogP contribution in [-0.4, -0.2) is 29.8 Å². The molecule has 0 aliphatic carbocycles. The smallest absolute Gasteiger partial charge is 0.263 e. The fourth-order valence-corrected chi connectivity index (χ4v) is 3.91. The van der Waals surface area contributed by atoms with Crippen LogP contribution in [0.1, 0.15) is 33.6 Å². The van der Waals surface area contributed by atoms with Crippen molar-refractivity contribution >= 4 is 28.8 Å². The second kappa shape index (κ2) is 7.18. The molecule has 1 atom stereocenters. The zero-order valence-electron chi connectivity index (χ0n) is 14.0. The third kappa shape index (κ3) is 3.85. The summed E-state index contributed by atoms with van der Waals surface area (Å²) in [6.45, 7) is 5.26. The molecule has 1 unspecified atom stereocenters. The van der Waals surface area contributed by atoms with Gasteiger partial charge in [-0.3, -0.25) is 9.59 Å². The van der Waals surface area contributed by atoms with Crippen LogP contribution in [0.2, 0.25) is 0 Å². The molecule has 0 saturated carbocycles. The summed E-state index contributed by atoms with van der Waals surface area (Å²) in [6.07, 6.45) is 1.69. The number of piperidine rings is 1. The Bertz CT molecular complexity index is 720. The standard InChI is InChI=1S/C19H22N2O2S/c1-13-9-14(2)11-16(10-13)20-18(22)15-5-3-7-21(12-15)19(23)17-6-4-8-24-17/h4,6,8-11,15H,3,5,7,12H2,1-2H3,(H,20,22). The highest BCUT2D eigenvalue weighted by Crippen LogP contribution is 2.22. The SMILES string of the molecule is Cc1cc(C)cc(NC(=O)C2CCCN(C(=O)c3cccs3)C2)c1. The molecular formula is C19H22N2O2S. The highest BCUT2D eigenvalue weighted by atomic mass is 32.1. The molecule has 1 saturated heterocycles. The summed E-state index contributed by atoms with van der Waals surface area (Å²) in [5.41, 5.74) is 3.09. The van der Waals surface area contributed by atoms with E-state index in [4.69, 9.17) is 0 Å². The minimum Gasteiger partial charge on any atom is -0.337 e. The Morgan fingerprint density at radius 2 is 1.96 bits per heavy atom. The van der Waals surface area contributed by atoms with Crippen molar-refractivity contribution in [3.63, 3.8) is 0 Å². The van der Waals surface area contributed by atoms with E-state index in [-0.39, 0.29) is 17.7 Å². The van der Waals surface area contributed by atoms with Crippen molar-refractivity contribution in [1.82, 2.24) is 4.90 Å². The van der Waals surface area contributed by atoms with Crippen molar-refractivity contribution in [2.45, 2.75) is 26.7 Å². The number of hydrogen-bond acceptors (Lipinski definition) is 3. The van der Waals surface area contributed by atoms with Crippen LogP contribution in [0.5, 0.6) is 0 Å². The van der Waals surface area contributed by atoms with Crippen LogP contribution in [0.25, 0.3) is 0 Å². The quantitative estimate of drug-likeness (QED) is 0.921. The average Bonchev–Trinajstić information content (AvgIpc) is 3.07. The summed E-state index contributed by atoms with van der Waals surface area (Å²) >= 11 is 1.45. The van der Waals surface area contributed by atoms with Gasteiger partial charge in [-0.1, -0.05) is 12.1 Å². The molecule has 1 fully saturated rings. The van der Waals surface area contributed by atoms with Crippen LogP contribution >= 0.6 is 11.3 Å². The minimum absolute atomic E-state index is 0.00341. The summed E-state index contributed by atoms with van der Waals surface area (Å²) < 4.78 is 0. The molecular weight excluding hydrogens is 320 g/mol. The van der Waals surface area contributed by atoms with E-state index in [9.17, 15) is 9.59 Å². The lowest BCUT2D eigenvalue weighted by molar-refractivity contribution is -0.121. The van der Waals surface area contributed by atoms with Crippen molar-refractivity contribution in [1.29, 1.82) is 0 Å². The number of anilines is 1. The van der Waals surface area contributed by atoms with Gasteiger partial charge in [0.05, 0.1) is 10.8 Å². The lowest BCUT2D eigenvalue weighted by atomic mass is 9.96. The van der Waals surface area contributed by atoms with Gasteiger partial charge in [0, 0.05) is 18.8 Å². The normalized spacial score (nSPS) is 17.6. The number of likely N-dealkylation sites (tertiary alicyclic amines) is 1. The first-order chi connectivity index (χ1) is 11.5. The molecule has 0 spiro atoms. The third-order valence-electron chi connectivity index (χ3n) is 4.30. The topological polar surface area (TPSA) is 49.4 Å². The Hall–Kier alpha value is -2.14. The minimum atomic E-state index is -0.150. The molecule has 1 aliphatic heterocycles. The first kappa shape index (κ1) is 16.7. The van der Waals surface area contributed by atoms with Gasteiger partial charge in [0.15, 0.2) is 0 Å². The fourth-order valence-electron chi connectivity index (χ4n) is 3.22. The van der Waals surface area contributed by atoms with Crippen LogP contribution in [0, 0.1) is 19.8 Å². The summed E-state index contributed by atoms with van der Waals surface area (Å²) in [6, 6.07) is 9.75. The summed E-state index contributed by atoms with van der Waals surface area (Å²) in [5.74, 6) is -0.110. The molecule has 5 heteroatoms. The maximum absolute atomic E-state index is 12.6. The lowest BCUT2D eigenvalue weighted by Crippen LogP contribution is -2.43. The molecule has 1 aliphatic rings. The summed E-state index contributed by atoms with van der Waals surface area (Å²) in [7, 11) is 0. The number of hydrogen-bond donors (Lipinski definition) is 1.